The van der Waals surface area contributed by atoms with Gasteiger partial charge in [-0.1, -0.05) is 0 Å². The Morgan fingerprint density at radius 2 is 2.24 bits per heavy atom. The maximum Gasteiger partial charge on any atom is 0.371 e. The average Bonchev–Trinajstić information content (AvgIpc) is 2.71. The summed E-state index contributed by atoms with van der Waals surface area (Å²) in [6, 6.07) is 2.69. The zero-order chi connectivity index (χ0) is 12.4. The molecule has 0 spiro atoms. The van der Waals surface area contributed by atoms with Crippen molar-refractivity contribution in [2.45, 2.75) is 6.54 Å². The van der Waals surface area contributed by atoms with E-state index >= 15 is 0 Å². The molecule has 2 aromatic heterocycles. The zero-order valence-electron chi connectivity index (χ0n) is 8.41. The Balaban J connectivity index is 2.28. The van der Waals surface area contributed by atoms with Crippen LogP contribution in [0.25, 0.3) is 0 Å². The summed E-state index contributed by atoms with van der Waals surface area (Å²) in [6.45, 7) is -0.0527. The van der Waals surface area contributed by atoms with Crippen LogP contribution in [0.5, 0.6) is 0 Å². The van der Waals surface area contributed by atoms with Gasteiger partial charge < -0.3 is 9.52 Å². The largest absolute Gasteiger partial charge is 0.475 e. The minimum atomic E-state index is -1.20. The summed E-state index contributed by atoms with van der Waals surface area (Å²) in [7, 11) is 0. The van der Waals surface area contributed by atoms with Gasteiger partial charge in [-0.2, -0.15) is 5.10 Å². The van der Waals surface area contributed by atoms with Crippen LogP contribution >= 0.6 is 0 Å². The molecule has 2 N–H and O–H groups in total. The molecule has 0 aromatic carbocycles. The number of furan rings is 1. The van der Waals surface area contributed by atoms with Crippen molar-refractivity contribution >= 4 is 5.97 Å². The monoisotopic (exact) mass is 237 g/mol. The molecule has 17 heavy (non-hydrogen) atoms. The van der Waals surface area contributed by atoms with E-state index in [9.17, 15) is 14.4 Å². The van der Waals surface area contributed by atoms with Crippen molar-refractivity contribution in [3.05, 3.63) is 50.7 Å². The predicted molar refractivity (Wildman–Crippen MR) is 53.9 cm³/mol. The van der Waals surface area contributed by atoms with E-state index in [-0.39, 0.29) is 18.1 Å². The molecule has 0 saturated carbocycles. The normalized spacial score (nSPS) is 10.4. The van der Waals surface area contributed by atoms with Gasteiger partial charge in [0.1, 0.15) is 18.5 Å². The highest BCUT2D eigenvalue weighted by Crippen LogP contribution is 2.07. The Kier molecular flexibility index (Phi) is 2.61. The lowest BCUT2D eigenvalue weighted by Gasteiger charge is -1.99. The first-order chi connectivity index (χ1) is 8.06. The molecule has 2 rings (SSSR count). The Bertz CT molecular complexity index is 666. The molecule has 0 saturated heterocycles. The van der Waals surface area contributed by atoms with E-state index in [0.29, 0.717) is 0 Å². The second-order valence-electron chi connectivity index (χ2n) is 3.17. The van der Waals surface area contributed by atoms with Crippen LogP contribution in [0.2, 0.25) is 0 Å². The quantitative estimate of drug-likeness (QED) is 0.726. The van der Waals surface area contributed by atoms with Crippen LogP contribution in [0.4, 0.5) is 0 Å². The van der Waals surface area contributed by atoms with Crippen LogP contribution < -0.4 is 11.2 Å². The second-order valence-corrected chi connectivity index (χ2v) is 3.17. The molecule has 2 aromatic rings. The lowest BCUT2D eigenvalue weighted by atomic mass is 10.4. The topological polar surface area (TPSA) is 118 Å². The molecule has 0 bridgehead atoms. The highest BCUT2D eigenvalue weighted by Gasteiger charge is 2.10. The van der Waals surface area contributed by atoms with Crippen molar-refractivity contribution in [3.8, 4) is 0 Å². The fourth-order valence-corrected chi connectivity index (χ4v) is 1.21. The molecule has 0 aliphatic carbocycles. The van der Waals surface area contributed by atoms with Gasteiger partial charge in [-0.25, -0.2) is 14.3 Å². The van der Waals surface area contributed by atoms with E-state index in [1.54, 1.807) is 0 Å². The maximum atomic E-state index is 11.3. The van der Waals surface area contributed by atoms with E-state index in [2.05, 4.69) is 5.10 Å². The van der Waals surface area contributed by atoms with Crippen molar-refractivity contribution in [2.75, 3.05) is 0 Å². The minimum absolute atomic E-state index is 0.0527. The Morgan fingerprint density at radius 3 is 2.82 bits per heavy atom. The van der Waals surface area contributed by atoms with Crippen molar-refractivity contribution in [1.82, 2.24) is 14.8 Å². The number of carboxylic acid groups (broad SMARTS) is 1. The average molecular weight is 237 g/mol. The third kappa shape index (κ3) is 2.30. The van der Waals surface area contributed by atoms with Gasteiger partial charge in [-0.05, 0) is 12.1 Å². The summed E-state index contributed by atoms with van der Waals surface area (Å²) < 4.78 is 5.89. The van der Waals surface area contributed by atoms with E-state index in [1.807, 2.05) is 4.98 Å². The van der Waals surface area contributed by atoms with Gasteiger partial charge in [0.15, 0.2) is 0 Å². The molecule has 0 fully saturated rings. The molecule has 8 nitrogen and oxygen atoms in total. The summed E-state index contributed by atoms with van der Waals surface area (Å²) in [4.78, 5) is 34.6. The van der Waals surface area contributed by atoms with Gasteiger partial charge in [-0.15, -0.1) is 0 Å². The van der Waals surface area contributed by atoms with Crippen molar-refractivity contribution in [1.29, 1.82) is 0 Å². The highest BCUT2D eigenvalue weighted by atomic mass is 16.4. The number of carbonyl (C=O) groups is 1. The molecule has 8 heteroatoms. The summed E-state index contributed by atoms with van der Waals surface area (Å²) >= 11 is 0. The van der Waals surface area contributed by atoms with Crippen molar-refractivity contribution < 1.29 is 14.3 Å². The first-order valence-electron chi connectivity index (χ1n) is 4.55. The van der Waals surface area contributed by atoms with Gasteiger partial charge in [0, 0.05) is 0 Å². The number of nitrogens with one attached hydrogen (secondary N) is 1. The molecule has 0 atom stereocenters. The standard InChI is InChI=1S/C9H7N3O5/c13-7-3-10-12(9(16)11-7)4-5-1-2-6(17-5)8(14)15/h1-3H,4H2,(H,14,15)(H,11,13,16). The molecular formula is C9H7N3O5. The molecule has 2 heterocycles. The fraction of sp³-hybridized carbons (Fsp3) is 0.111. The Hall–Kier alpha value is -2.64. The number of rotatable bonds is 3. The lowest BCUT2D eigenvalue weighted by molar-refractivity contribution is 0.0660. The van der Waals surface area contributed by atoms with Crippen LogP contribution in [0.3, 0.4) is 0 Å². The van der Waals surface area contributed by atoms with Gasteiger partial charge in [-0.3, -0.25) is 9.78 Å². The fourth-order valence-electron chi connectivity index (χ4n) is 1.21. The first-order valence-corrected chi connectivity index (χ1v) is 4.55. The summed E-state index contributed by atoms with van der Waals surface area (Å²) in [6.07, 6.45) is 0.947. The van der Waals surface area contributed by atoms with Gasteiger partial charge in [0.25, 0.3) is 5.56 Å². The first kappa shape index (κ1) is 10.9. The van der Waals surface area contributed by atoms with E-state index in [1.165, 1.54) is 12.1 Å². The maximum absolute atomic E-state index is 11.3. The molecule has 0 amide bonds. The number of hydrogen-bond acceptors (Lipinski definition) is 5. The summed E-state index contributed by atoms with van der Waals surface area (Å²) in [5.41, 5.74) is -1.29. The van der Waals surface area contributed by atoms with Gasteiger partial charge >= 0.3 is 11.7 Å². The van der Waals surface area contributed by atoms with E-state index < -0.39 is 17.2 Å². The highest BCUT2D eigenvalue weighted by molar-refractivity contribution is 5.84. The van der Waals surface area contributed by atoms with E-state index in [0.717, 1.165) is 10.9 Å². The van der Waals surface area contributed by atoms with Crippen LogP contribution in [-0.4, -0.2) is 25.8 Å². The number of aromatic amines is 1. The smallest absolute Gasteiger partial charge is 0.371 e. The number of hydrogen-bond donors (Lipinski definition) is 2. The molecule has 0 radical (unpaired) electrons. The molecule has 0 aliphatic rings. The molecule has 0 aliphatic heterocycles. The van der Waals surface area contributed by atoms with E-state index in [4.69, 9.17) is 9.52 Å². The third-order valence-corrected chi connectivity index (χ3v) is 1.96. The summed E-state index contributed by atoms with van der Waals surface area (Å²) in [5, 5.41) is 12.2. The number of H-pyrrole nitrogens is 1. The van der Waals surface area contributed by atoms with Crippen molar-refractivity contribution in [3.63, 3.8) is 0 Å². The Morgan fingerprint density at radius 1 is 1.47 bits per heavy atom. The van der Waals surface area contributed by atoms with Crippen molar-refractivity contribution in [2.24, 2.45) is 0 Å². The van der Waals surface area contributed by atoms with Crippen LogP contribution in [0.15, 0.2) is 32.3 Å². The Labute approximate surface area is 93.1 Å². The van der Waals surface area contributed by atoms with Gasteiger partial charge in [0.05, 0.1) is 0 Å². The van der Waals surface area contributed by atoms with Crippen LogP contribution in [0, 0.1) is 0 Å². The minimum Gasteiger partial charge on any atom is -0.475 e. The SMILES string of the molecule is O=C(O)c1ccc(Cn2ncc(=O)[nH]c2=O)o1. The number of nitrogens with zero attached hydrogens (tertiary/aromatic N) is 2. The number of aromatic carboxylic acids is 1. The molecule has 0 unspecified atom stereocenters. The number of carboxylic acids is 1. The zero-order valence-corrected chi connectivity index (χ0v) is 8.41. The molecular weight excluding hydrogens is 230 g/mol. The third-order valence-electron chi connectivity index (χ3n) is 1.96. The second kappa shape index (κ2) is 4.08. The van der Waals surface area contributed by atoms with Crippen LogP contribution in [-0.2, 0) is 6.54 Å². The number of aromatic nitrogens is 3. The lowest BCUT2D eigenvalue weighted by Crippen LogP contribution is -2.31. The van der Waals surface area contributed by atoms with Crippen LogP contribution in [0.1, 0.15) is 16.3 Å². The summed E-state index contributed by atoms with van der Waals surface area (Å²) in [5.74, 6) is -1.17. The van der Waals surface area contributed by atoms with Gasteiger partial charge in [0.2, 0.25) is 5.76 Å². The molecule has 88 valence electrons. The predicted octanol–water partition coefficient (Wildman–Crippen LogP) is -0.729.